The van der Waals surface area contributed by atoms with E-state index in [1.165, 1.54) is 5.01 Å². The molecule has 0 bridgehead atoms. The van der Waals surface area contributed by atoms with Gasteiger partial charge in [-0.25, -0.2) is 4.98 Å². The summed E-state index contributed by atoms with van der Waals surface area (Å²) in [5.41, 5.74) is 2.90. The molecule has 0 spiro atoms. The standard InChI is InChI=1S/C19H20N4OS/c1-22-9-4-16(12-22)19(24)23-10-5-15(6-11-23)18-21-17(13-25-18)14-2-7-20-8-3-14/h2-4,7-9,12-13,15H,5-6,10-11H2,1H3. The van der Waals surface area contributed by atoms with E-state index in [1.54, 1.807) is 23.7 Å². The first-order valence-electron chi connectivity index (χ1n) is 8.48. The fourth-order valence-electron chi connectivity index (χ4n) is 3.27. The van der Waals surface area contributed by atoms with E-state index >= 15 is 0 Å². The van der Waals surface area contributed by atoms with Gasteiger partial charge in [0.1, 0.15) is 0 Å². The van der Waals surface area contributed by atoms with Crippen molar-refractivity contribution in [3.63, 3.8) is 0 Å². The summed E-state index contributed by atoms with van der Waals surface area (Å²) in [6.07, 6.45) is 9.33. The molecule has 5 nitrogen and oxygen atoms in total. The zero-order valence-electron chi connectivity index (χ0n) is 14.1. The Kier molecular flexibility index (Phi) is 4.36. The Labute approximate surface area is 151 Å². The lowest BCUT2D eigenvalue weighted by molar-refractivity contribution is 0.0713. The van der Waals surface area contributed by atoms with Crippen molar-refractivity contribution in [1.82, 2.24) is 19.4 Å². The van der Waals surface area contributed by atoms with E-state index in [2.05, 4.69) is 10.4 Å². The topological polar surface area (TPSA) is 51.0 Å². The lowest BCUT2D eigenvalue weighted by atomic mass is 9.97. The molecule has 1 fully saturated rings. The van der Waals surface area contributed by atoms with Crippen LogP contribution in [0.25, 0.3) is 11.3 Å². The Bertz CT molecular complexity index is 862. The number of carbonyl (C=O) groups is 1. The van der Waals surface area contributed by atoms with Gasteiger partial charge in [0.25, 0.3) is 5.91 Å². The molecule has 0 atom stereocenters. The Morgan fingerprint density at radius 2 is 1.96 bits per heavy atom. The van der Waals surface area contributed by atoms with Gasteiger partial charge >= 0.3 is 0 Å². The highest BCUT2D eigenvalue weighted by atomic mass is 32.1. The predicted octanol–water partition coefficient (Wildman–Crippen LogP) is 3.56. The number of hydrogen-bond acceptors (Lipinski definition) is 4. The van der Waals surface area contributed by atoms with Gasteiger partial charge in [-0.15, -0.1) is 11.3 Å². The molecule has 0 aliphatic carbocycles. The molecule has 0 aromatic carbocycles. The Morgan fingerprint density at radius 1 is 1.20 bits per heavy atom. The summed E-state index contributed by atoms with van der Waals surface area (Å²) >= 11 is 1.72. The van der Waals surface area contributed by atoms with Crippen molar-refractivity contribution < 1.29 is 4.79 Å². The van der Waals surface area contributed by atoms with Crippen LogP contribution in [0.1, 0.15) is 34.1 Å². The number of hydrogen-bond donors (Lipinski definition) is 0. The van der Waals surface area contributed by atoms with Crippen LogP contribution in [0.3, 0.4) is 0 Å². The third-order valence-corrected chi connectivity index (χ3v) is 5.72. The SMILES string of the molecule is Cn1ccc(C(=O)N2CCC(c3nc(-c4ccncc4)cs3)CC2)c1. The van der Waals surface area contributed by atoms with Gasteiger partial charge in [0.2, 0.25) is 0 Å². The second-order valence-corrected chi connectivity index (χ2v) is 7.33. The number of nitrogens with zero attached hydrogens (tertiary/aromatic N) is 4. The third kappa shape index (κ3) is 3.35. The molecule has 3 aromatic heterocycles. The minimum absolute atomic E-state index is 0.135. The molecule has 4 rings (SSSR count). The van der Waals surface area contributed by atoms with Crippen LogP contribution in [0.15, 0.2) is 48.4 Å². The first-order valence-corrected chi connectivity index (χ1v) is 9.36. The van der Waals surface area contributed by atoms with E-state index < -0.39 is 0 Å². The second-order valence-electron chi connectivity index (χ2n) is 6.44. The maximum Gasteiger partial charge on any atom is 0.255 e. The first kappa shape index (κ1) is 16.0. The quantitative estimate of drug-likeness (QED) is 0.724. The normalized spacial score (nSPS) is 15.5. The number of carbonyl (C=O) groups excluding carboxylic acids is 1. The van der Waals surface area contributed by atoms with Gasteiger partial charge < -0.3 is 9.47 Å². The molecule has 128 valence electrons. The maximum absolute atomic E-state index is 12.5. The van der Waals surface area contributed by atoms with E-state index in [0.717, 1.165) is 42.8 Å². The smallest absolute Gasteiger partial charge is 0.255 e. The number of amides is 1. The van der Waals surface area contributed by atoms with Crippen LogP contribution in [0.2, 0.25) is 0 Å². The van der Waals surface area contributed by atoms with Crippen LogP contribution in [-0.2, 0) is 7.05 Å². The van der Waals surface area contributed by atoms with Crippen LogP contribution < -0.4 is 0 Å². The lowest BCUT2D eigenvalue weighted by Gasteiger charge is -2.31. The number of thiazole rings is 1. The number of piperidine rings is 1. The fourth-order valence-corrected chi connectivity index (χ4v) is 4.27. The summed E-state index contributed by atoms with van der Waals surface area (Å²) in [5.74, 6) is 0.580. The average Bonchev–Trinajstić information content (AvgIpc) is 3.31. The molecular formula is C19H20N4OS. The molecule has 1 aliphatic heterocycles. The van der Waals surface area contributed by atoms with Gasteiger partial charge in [0.15, 0.2) is 0 Å². The molecule has 25 heavy (non-hydrogen) atoms. The van der Waals surface area contributed by atoms with Gasteiger partial charge in [-0.05, 0) is 31.0 Å². The Hall–Kier alpha value is -2.47. The molecule has 0 unspecified atom stereocenters. The average molecular weight is 352 g/mol. The molecule has 0 saturated carbocycles. The second kappa shape index (κ2) is 6.80. The molecule has 0 N–H and O–H groups in total. The zero-order valence-corrected chi connectivity index (χ0v) is 14.9. The van der Waals surface area contributed by atoms with Crippen molar-refractivity contribution in [3.05, 3.63) is 58.9 Å². The van der Waals surface area contributed by atoms with Crippen molar-refractivity contribution in [2.45, 2.75) is 18.8 Å². The van der Waals surface area contributed by atoms with Gasteiger partial charge in [0.05, 0.1) is 16.3 Å². The lowest BCUT2D eigenvalue weighted by Crippen LogP contribution is -2.37. The summed E-state index contributed by atoms with van der Waals surface area (Å²) in [5, 5.41) is 3.30. The highest BCUT2D eigenvalue weighted by Gasteiger charge is 2.26. The molecule has 4 heterocycles. The Morgan fingerprint density at radius 3 is 2.64 bits per heavy atom. The monoisotopic (exact) mass is 352 g/mol. The zero-order chi connectivity index (χ0) is 17.2. The number of aryl methyl sites for hydroxylation is 1. The molecule has 1 saturated heterocycles. The van der Waals surface area contributed by atoms with Gasteiger partial charge in [0, 0.05) is 61.8 Å². The van der Waals surface area contributed by atoms with Crippen LogP contribution in [0.4, 0.5) is 0 Å². The van der Waals surface area contributed by atoms with Gasteiger partial charge in [-0.2, -0.15) is 0 Å². The van der Waals surface area contributed by atoms with Crippen LogP contribution in [-0.4, -0.2) is 38.4 Å². The molecule has 1 aliphatic rings. The maximum atomic E-state index is 12.5. The van der Waals surface area contributed by atoms with Crippen molar-refractivity contribution in [2.75, 3.05) is 13.1 Å². The largest absolute Gasteiger partial charge is 0.356 e. The van der Waals surface area contributed by atoms with Crippen molar-refractivity contribution in [2.24, 2.45) is 7.05 Å². The van der Waals surface area contributed by atoms with E-state index in [-0.39, 0.29) is 5.91 Å². The third-order valence-electron chi connectivity index (χ3n) is 4.71. The minimum Gasteiger partial charge on any atom is -0.356 e. The highest BCUT2D eigenvalue weighted by molar-refractivity contribution is 7.10. The number of pyridine rings is 1. The first-order chi connectivity index (χ1) is 12.2. The number of likely N-dealkylation sites (tertiary alicyclic amines) is 1. The van der Waals surface area contributed by atoms with E-state index in [9.17, 15) is 4.79 Å². The molecule has 0 radical (unpaired) electrons. The van der Waals surface area contributed by atoms with Gasteiger partial charge in [-0.1, -0.05) is 0 Å². The number of aromatic nitrogens is 3. The van der Waals surface area contributed by atoms with Crippen molar-refractivity contribution in [3.8, 4) is 11.3 Å². The summed E-state index contributed by atoms with van der Waals surface area (Å²) < 4.78 is 1.91. The van der Waals surface area contributed by atoms with Crippen LogP contribution in [0, 0.1) is 0 Å². The molecule has 6 heteroatoms. The van der Waals surface area contributed by atoms with E-state index in [4.69, 9.17) is 4.98 Å². The molecular weight excluding hydrogens is 332 g/mol. The minimum atomic E-state index is 0.135. The molecule has 3 aromatic rings. The number of rotatable bonds is 3. The van der Waals surface area contributed by atoms with Crippen molar-refractivity contribution >= 4 is 17.2 Å². The van der Waals surface area contributed by atoms with Crippen LogP contribution >= 0.6 is 11.3 Å². The van der Waals surface area contributed by atoms with Crippen LogP contribution in [0.5, 0.6) is 0 Å². The highest BCUT2D eigenvalue weighted by Crippen LogP contribution is 2.33. The Balaban J connectivity index is 1.41. The van der Waals surface area contributed by atoms with E-state index in [1.807, 2.05) is 47.1 Å². The van der Waals surface area contributed by atoms with Crippen molar-refractivity contribution in [1.29, 1.82) is 0 Å². The summed E-state index contributed by atoms with van der Waals surface area (Å²) in [4.78, 5) is 23.4. The summed E-state index contributed by atoms with van der Waals surface area (Å²) in [7, 11) is 1.94. The summed E-state index contributed by atoms with van der Waals surface area (Å²) in [6, 6.07) is 5.86. The predicted molar refractivity (Wildman–Crippen MR) is 98.6 cm³/mol. The van der Waals surface area contributed by atoms with Gasteiger partial charge in [-0.3, -0.25) is 9.78 Å². The summed E-state index contributed by atoms with van der Waals surface area (Å²) in [6.45, 7) is 1.59. The van der Waals surface area contributed by atoms with E-state index in [0.29, 0.717) is 5.92 Å². The molecule has 1 amide bonds. The fraction of sp³-hybridized carbons (Fsp3) is 0.316.